The molecule has 0 aromatic heterocycles. The van der Waals surface area contributed by atoms with Crippen molar-refractivity contribution in [3.05, 3.63) is 108 Å². The summed E-state index contributed by atoms with van der Waals surface area (Å²) in [4.78, 5) is 12.7. The van der Waals surface area contributed by atoms with Crippen molar-refractivity contribution in [3.8, 4) is 0 Å². The Bertz CT molecular complexity index is 661. The lowest BCUT2D eigenvalue weighted by atomic mass is 9.84. The molecule has 0 fully saturated rings. The second-order valence-corrected chi connectivity index (χ2v) is 6.36. The summed E-state index contributed by atoms with van der Waals surface area (Å²) in [5.74, 6) is 0. The van der Waals surface area contributed by atoms with E-state index in [1.807, 2.05) is 91.0 Å². The summed E-state index contributed by atoms with van der Waals surface area (Å²) in [6, 6.07) is 29.0. The minimum absolute atomic E-state index is 0.878. The molecular weight excluding hydrogens is 289 g/mol. The van der Waals surface area contributed by atoms with Crippen molar-refractivity contribution in [2.45, 2.75) is 5.16 Å². The van der Waals surface area contributed by atoms with Gasteiger partial charge >= 0.3 is 0 Å². The van der Waals surface area contributed by atoms with E-state index in [1.54, 1.807) is 0 Å². The van der Waals surface area contributed by atoms with Gasteiger partial charge in [0.1, 0.15) is 0 Å². The normalized spacial score (nSPS) is 12.0. The third-order valence-electron chi connectivity index (χ3n) is 3.88. The molecule has 3 aromatic rings. The summed E-state index contributed by atoms with van der Waals surface area (Å²) in [7, 11) is -2.28. The Morgan fingerprint density at radius 1 is 0.591 bits per heavy atom. The van der Waals surface area contributed by atoms with Gasteiger partial charge in [0.05, 0.1) is 0 Å². The van der Waals surface area contributed by atoms with E-state index in [0.717, 1.165) is 16.7 Å². The molecule has 0 aliphatic carbocycles. The lowest BCUT2D eigenvalue weighted by Gasteiger charge is -2.29. The fourth-order valence-electron chi connectivity index (χ4n) is 2.89. The van der Waals surface area contributed by atoms with Gasteiger partial charge in [-0.2, -0.15) is 0 Å². The molecule has 1 unspecified atom stereocenters. The van der Waals surface area contributed by atoms with Gasteiger partial charge in [-0.1, -0.05) is 91.0 Å². The molecule has 0 aliphatic rings. The van der Waals surface area contributed by atoms with Crippen LogP contribution in [0, 0.1) is 5.16 Å². The van der Waals surface area contributed by atoms with Gasteiger partial charge in [0.25, 0.3) is 0 Å². The van der Waals surface area contributed by atoms with Gasteiger partial charge in [-0.25, -0.2) is 0 Å². The number of nitrogens with one attached hydrogen (secondary N) is 1. The molecule has 0 heterocycles. The Kier molecular flexibility index (Phi) is 4.15. The van der Waals surface area contributed by atoms with Crippen molar-refractivity contribution < 1.29 is 4.89 Å². The molecule has 0 radical (unpaired) electrons. The van der Waals surface area contributed by atoms with E-state index in [0.29, 0.717) is 0 Å². The highest BCUT2D eigenvalue weighted by Crippen LogP contribution is 2.52. The van der Waals surface area contributed by atoms with E-state index >= 15 is 0 Å². The average molecular weight is 305 g/mol. The summed E-state index contributed by atoms with van der Waals surface area (Å²) >= 11 is 0. The summed E-state index contributed by atoms with van der Waals surface area (Å²) < 4.78 is 0. The fourth-order valence-corrected chi connectivity index (χ4v) is 4.04. The Hall–Kier alpha value is -2.28. The second-order valence-electron chi connectivity index (χ2n) is 5.10. The van der Waals surface area contributed by atoms with Gasteiger partial charge in [-0.15, -0.1) is 5.16 Å². The van der Waals surface area contributed by atoms with Crippen molar-refractivity contribution in [1.29, 1.82) is 5.16 Å². The van der Waals surface area contributed by atoms with Gasteiger partial charge in [0, 0.05) is 16.7 Å². The lowest BCUT2D eigenvalue weighted by Crippen LogP contribution is -2.28. The minimum Gasteiger partial charge on any atom is -0.611 e. The van der Waals surface area contributed by atoms with Crippen molar-refractivity contribution >= 4 is 7.94 Å². The van der Waals surface area contributed by atoms with Crippen LogP contribution in [0.15, 0.2) is 91.0 Å². The van der Waals surface area contributed by atoms with Crippen LogP contribution in [0.3, 0.4) is 0 Å². The van der Waals surface area contributed by atoms with E-state index in [1.165, 1.54) is 0 Å². The van der Waals surface area contributed by atoms with Crippen LogP contribution in [0.5, 0.6) is 0 Å². The number of hydrogen-bond acceptors (Lipinski definition) is 2. The Morgan fingerprint density at radius 3 is 1.09 bits per heavy atom. The largest absolute Gasteiger partial charge is 0.611 e. The highest BCUT2D eigenvalue weighted by atomic mass is 31.1. The van der Waals surface area contributed by atoms with E-state index in [2.05, 4.69) is 0 Å². The molecule has 108 valence electrons. The number of benzene rings is 3. The molecule has 1 atom stereocenters. The van der Waals surface area contributed by atoms with E-state index in [4.69, 9.17) is 5.16 Å². The van der Waals surface area contributed by atoms with E-state index in [-0.39, 0.29) is 0 Å². The molecule has 3 heteroatoms. The van der Waals surface area contributed by atoms with Crippen LogP contribution in [0.4, 0.5) is 0 Å². The van der Waals surface area contributed by atoms with E-state index in [9.17, 15) is 4.89 Å². The zero-order chi connectivity index (χ0) is 15.4. The van der Waals surface area contributed by atoms with Crippen LogP contribution in [0.1, 0.15) is 16.7 Å². The monoisotopic (exact) mass is 305 g/mol. The third kappa shape index (κ3) is 2.37. The summed E-state index contributed by atoms with van der Waals surface area (Å²) in [6.45, 7) is 0. The van der Waals surface area contributed by atoms with Gasteiger partial charge in [0.15, 0.2) is 7.94 Å². The van der Waals surface area contributed by atoms with Gasteiger partial charge in [-0.05, 0) is 0 Å². The van der Waals surface area contributed by atoms with Gasteiger partial charge in [-0.3, -0.25) is 0 Å². The molecule has 0 aliphatic heterocycles. The highest BCUT2D eigenvalue weighted by molar-refractivity contribution is 7.40. The van der Waals surface area contributed by atoms with Crippen LogP contribution >= 0.6 is 7.94 Å². The molecular formula is C19H16NOP. The highest BCUT2D eigenvalue weighted by Gasteiger charge is 2.45. The molecule has 3 rings (SSSR count). The zero-order valence-electron chi connectivity index (χ0n) is 12.0. The van der Waals surface area contributed by atoms with Gasteiger partial charge < -0.3 is 4.89 Å². The standard InChI is InChI=1S/C19H16NOP/c20-22(21)19(16-10-4-1-5-11-16,17-12-6-2-7-13-17)18-14-8-3-9-15-18/h1-15,20H. The second kappa shape index (κ2) is 6.23. The average Bonchev–Trinajstić information content (AvgIpc) is 2.58. The van der Waals surface area contributed by atoms with Crippen LogP contribution in [-0.2, 0) is 5.16 Å². The van der Waals surface area contributed by atoms with Crippen molar-refractivity contribution in [2.75, 3.05) is 0 Å². The first-order valence-corrected chi connectivity index (χ1v) is 8.37. The predicted molar refractivity (Wildman–Crippen MR) is 88.8 cm³/mol. The summed E-state index contributed by atoms with van der Waals surface area (Å²) in [5.41, 5.74) is 2.63. The number of rotatable bonds is 4. The topological polar surface area (TPSA) is 46.9 Å². The first kappa shape index (κ1) is 14.6. The lowest BCUT2D eigenvalue weighted by molar-refractivity contribution is -0.159. The molecule has 3 aromatic carbocycles. The van der Waals surface area contributed by atoms with Crippen LogP contribution in [0.2, 0.25) is 0 Å². The first-order valence-electron chi connectivity index (χ1n) is 7.11. The van der Waals surface area contributed by atoms with Gasteiger partial charge in [0.2, 0.25) is 5.16 Å². The van der Waals surface area contributed by atoms with Crippen LogP contribution in [-0.4, -0.2) is 0 Å². The predicted octanol–water partition coefficient (Wildman–Crippen LogP) is 4.50. The third-order valence-corrected chi connectivity index (χ3v) is 5.26. The molecule has 0 bridgehead atoms. The Labute approximate surface area is 131 Å². The summed E-state index contributed by atoms with van der Waals surface area (Å²) in [5, 5.41) is 7.26. The van der Waals surface area contributed by atoms with E-state index < -0.39 is 13.1 Å². The molecule has 22 heavy (non-hydrogen) atoms. The molecule has 0 saturated carbocycles. The first-order chi connectivity index (χ1) is 10.8. The van der Waals surface area contributed by atoms with Crippen LogP contribution < -0.4 is 4.89 Å². The molecule has 0 saturated heterocycles. The van der Waals surface area contributed by atoms with Crippen molar-refractivity contribution in [1.82, 2.24) is 0 Å². The quantitative estimate of drug-likeness (QED) is 0.560. The smallest absolute Gasteiger partial charge is 0.217 e. The molecule has 0 spiro atoms. The zero-order valence-corrected chi connectivity index (χ0v) is 12.9. The Morgan fingerprint density at radius 2 is 0.864 bits per heavy atom. The van der Waals surface area contributed by atoms with Crippen molar-refractivity contribution in [3.63, 3.8) is 0 Å². The minimum atomic E-state index is -2.28. The molecule has 0 amide bonds. The maximum Gasteiger partial charge on any atom is 0.217 e. The van der Waals surface area contributed by atoms with Crippen molar-refractivity contribution in [2.24, 2.45) is 0 Å². The summed E-state index contributed by atoms with van der Waals surface area (Å²) in [6.07, 6.45) is 0. The Balaban J connectivity index is 2.37. The maximum absolute atomic E-state index is 12.7. The SMILES string of the molecule is N=[P+]([O-])C(c1ccccc1)(c1ccccc1)c1ccccc1. The number of hydrogen-bond donors (Lipinski definition) is 1. The fraction of sp³-hybridized carbons (Fsp3) is 0.0526. The molecule has 1 N–H and O–H groups in total. The maximum atomic E-state index is 12.7. The molecule has 2 nitrogen and oxygen atoms in total. The van der Waals surface area contributed by atoms with Crippen LogP contribution in [0.25, 0.3) is 0 Å².